The molecule has 0 unspecified atom stereocenters. The predicted molar refractivity (Wildman–Crippen MR) is 109 cm³/mol. The van der Waals surface area contributed by atoms with Gasteiger partial charge in [0.1, 0.15) is 23.1 Å². The number of thiophene rings is 1. The van der Waals surface area contributed by atoms with Crippen molar-refractivity contribution in [1.82, 2.24) is 19.8 Å². The van der Waals surface area contributed by atoms with Crippen LogP contribution in [0.25, 0.3) is 0 Å². The van der Waals surface area contributed by atoms with E-state index in [1.807, 2.05) is 13.8 Å². The molecule has 0 aromatic carbocycles. The molecule has 2 aliphatic rings. The Morgan fingerprint density at radius 1 is 1.21 bits per heavy atom. The fourth-order valence-electron chi connectivity index (χ4n) is 3.95. The molecule has 2 aliphatic heterocycles. The highest BCUT2D eigenvalue weighted by Gasteiger charge is 2.37. The van der Waals surface area contributed by atoms with Crippen LogP contribution in [0.5, 0.6) is 0 Å². The quantitative estimate of drug-likeness (QED) is 0.749. The van der Waals surface area contributed by atoms with E-state index in [9.17, 15) is 14.4 Å². The minimum Gasteiger partial charge on any atom is -0.332 e. The minimum absolute atomic E-state index is 0.0828. The van der Waals surface area contributed by atoms with Crippen molar-refractivity contribution in [2.45, 2.75) is 33.7 Å². The molecular weight excluding hydrogens is 390 g/mol. The number of amides is 3. The van der Waals surface area contributed by atoms with Gasteiger partial charge in [0, 0.05) is 30.7 Å². The minimum atomic E-state index is -0.139. The smallest absolute Gasteiger partial charge is 0.272 e. The molecule has 29 heavy (non-hydrogen) atoms. The average Bonchev–Trinajstić information content (AvgIpc) is 3.00. The largest absolute Gasteiger partial charge is 0.332 e. The average molecular weight is 414 g/mol. The van der Waals surface area contributed by atoms with Gasteiger partial charge in [-0.05, 0) is 38.8 Å². The lowest BCUT2D eigenvalue weighted by molar-refractivity contribution is -0.118. The lowest BCUT2D eigenvalue weighted by atomic mass is 10.0. The van der Waals surface area contributed by atoms with Crippen molar-refractivity contribution in [2.24, 2.45) is 0 Å². The zero-order valence-corrected chi connectivity index (χ0v) is 17.8. The zero-order valence-electron chi connectivity index (χ0n) is 17.0. The van der Waals surface area contributed by atoms with Crippen LogP contribution in [0.15, 0.2) is 6.07 Å². The highest BCUT2D eigenvalue weighted by Crippen LogP contribution is 2.41. The molecular formula is C20H23N5O3S. The highest BCUT2D eigenvalue weighted by molar-refractivity contribution is 7.17. The number of rotatable bonds is 2. The van der Waals surface area contributed by atoms with Gasteiger partial charge in [-0.1, -0.05) is 0 Å². The van der Waals surface area contributed by atoms with E-state index < -0.39 is 0 Å². The van der Waals surface area contributed by atoms with Crippen LogP contribution < -0.4 is 4.90 Å². The number of carbonyl (C=O) groups is 3. The summed E-state index contributed by atoms with van der Waals surface area (Å²) in [6.07, 6.45) is 0.585. The van der Waals surface area contributed by atoms with Gasteiger partial charge in [-0.15, -0.1) is 11.3 Å². The molecule has 0 spiro atoms. The third-order valence-corrected chi connectivity index (χ3v) is 6.55. The first-order valence-electron chi connectivity index (χ1n) is 9.62. The van der Waals surface area contributed by atoms with Crippen LogP contribution in [0, 0.1) is 13.8 Å². The first kappa shape index (κ1) is 19.5. The monoisotopic (exact) mass is 413 g/mol. The fourth-order valence-corrected chi connectivity index (χ4v) is 5.38. The second kappa shape index (κ2) is 7.22. The SMILES string of the molecule is CCN1C(=O)CN(C)C(=O)c2c1sc1c2CCN(C(=O)c2cc(C)nc(C)n2)C1. The standard InChI is InChI=1S/C20H23N5O3S/c1-5-25-16(26)10-23(4)19(28)17-13-6-7-24(9-15(13)29-20(17)25)18(27)14-8-11(2)21-12(3)22-14/h8H,5-7,9-10H2,1-4H3. The summed E-state index contributed by atoms with van der Waals surface area (Å²) in [5.41, 5.74) is 2.74. The van der Waals surface area contributed by atoms with E-state index in [1.165, 1.54) is 16.2 Å². The first-order valence-corrected chi connectivity index (χ1v) is 10.4. The van der Waals surface area contributed by atoms with E-state index in [0.717, 1.165) is 16.1 Å². The molecule has 0 N–H and O–H groups in total. The van der Waals surface area contributed by atoms with Gasteiger partial charge in [-0.2, -0.15) is 0 Å². The molecule has 4 heterocycles. The van der Waals surface area contributed by atoms with Crippen molar-refractivity contribution in [3.8, 4) is 0 Å². The maximum atomic E-state index is 13.0. The number of anilines is 1. The Bertz CT molecular complexity index is 1010. The van der Waals surface area contributed by atoms with Gasteiger partial charge in [-0.3, -0.25) is 14.4 Å². The van der Waals surface area contributed by atoms with Crippen LogP contribution in [0.4, 0.5) is 5.00 Å². The Kier molecular flexibility index (Phi) is 4.85. The van der Waals surface area contributed by atoms with Gasteiger partial charge < -0.3 is 14.7 Å². The summed E-state index contributed by atoms with van der Waals surface area (Å²) in [5, 5.41) is 0.708. The fraction of sp³-hybridized carbons (Fsp3) is 0.450. The first-order chi connectivity index (χ1) is 13.8. The Balaban J connectivity index is 1.69. The Labute approximate surface area is 173 Å². The Morgan fingerprint density at radius 2 is 1.97 bits per heavy atom. The number of likely N-dealkylation sites (N-methyl/N-ethyl adjacent to an activating group) is 2. The lowest BCUT2D eigenvalue weighted by Crippen LogP contribution is -2.38. The van der Waals surface area contributed by atoms with E-state index in [2.05, 4.69) is 9.97 Å². The van der Waals surface area contributed by atoms with Crippen LogP contribution in [0.2, 0.25) is 0 Å². The number of hydrogen-bond donors (Lipinski definition) is 0. The summed E-state index contributed by atoms with van der Waals surface area (Å²) >= 11 is 1.45. The van der Waals surface area contributed by atoms with Crippen molar-refractivity contribution in [3.63, 3.8) is 0 Å². The van der Waals surface area contributed by atoms with Crippen LogP contribution >= 0.6 is 11.3 Å². The molecule has 0 saturated heterocycles. The van der Waals surface area contributed by atoms with Crippen LogP contribution in [-0.4, -0.2) is 64.2 Å². The molecule has 2 aromatic rings. The summed E-state index contributed by atoms with van der Waals surface area (Å²) < 4.78 is 0. The van der Waals surface area contributed by atoms with Crippen molar-refractivity contribution in [3.05, 3.63) is 39.3 Å². The molecule has 0 bridgehead atoms. The van der Waals surface area contributed by atoms with E-state index >= 15 is 0 Å². The predicted octanol–water partition coefficient (Wildman–Crippen LogP) is 1.79. The molecule has 0 radical (unpaired) electrons. The molecule has 4 rings (SSSR count). The molecule has 9 heteroatoms. The third kappa shape index (κ3) is 3.29. The number of aromatic nitrogens is 2. The molecule has 0 aliphatic carbocycles. The number of fused-ring (bicyclic) bond motifs is 3. The van der Waals surface area contributed by atoms with Gasteiger partial charge >= 0.3 is 0 Å². The van der Waals surface area contributed by atoms with E-state index in [1.54, 1.807) is 29.8 Å². The van der Waals surface area contributed by atoms with Gasteiger partial charge in [0.15, 0.2) is 0 Å². The summed E-state index contributed by atoms with van der Waals surface area (Å²) in [6.45, 7) is 7.03. The maximum absolute atomic E-state index is 13.0. The van der Waals surface area contributed by atoms with Gasteiger partial charge in [0.2, 0.25) is 5.91 Å². The number of hydrogen-bond acceptors (Lipinski definition) is 6. The second-order valence-electron chi connectivity index (χ2n) is 7.40. The molecule has 0 fully saturated rings. The lowest BCUT2D eigenvalue weighted by Gasteiger charge is -2.27. The zero-order chi connectivity index (χ0) is 20.9. The summed E-state index contributed by atoms with van der Waals surface area (Å²) in [4.78, 5) is 52.9. The summed E-state index contributed by atoms with van der Waals surface area (Å²) in [6, 6.07) is 1.70. The maximum Gasteiger partial charge on any atom is 0.272 e. The van der Waals surface area contributed by atoms with Crippen molar-refractivity contribution in [2.75, 3.05) is 31.6 Å². The number of nitrogens with zero attached hydrogens (tertiary/aromatic N) is 5. The van der Waals surface area contributed by atoms with E-state index in [0.29, 0.717) is 48.1 Å². The number of aryl methyl sites for hydroxylation is 2. The Hall–Kier alpha value is -2.81. The molecule has 8 nitrogen and oxygen atoms in total. The molecule has 3 amide bonds. The summed E-state index contributed by atoms with van der Waals surface area (Å²) in [7, 11) is 1.66. The topological polar surface area (TPSA) is 86.7 Å². The van der Waals surface area contributed by atoms with Gasteiger partial charge in [0.25, 0.3) is 11.8 Å². The van der Waals surface area contributed by atoms with E-state index in [4.69, 9.17) is 0 Å². The molecule has 0 atom stereocenters. The van der Waals surface area contributed by atoms with E-state index in [-0.39, 0.29) is 24.3 Å². The van der Waals surface area contributed by atoms with Crippen molar-refractivity contribution >= 4 is 34.1 Å². The molecule has 0 saturated carbocycles. The van der Waals surface area contributed by atoms with Gasteiger partial charge in [-0.25, -0.2) is 9.97 Å². The summed E-state index contributed by atoms with van der Waals surface area (Å²) in [5.74, 6) is 0.225. The Morgan fingerprint density at radius 3 is 2.66 bits per heavy atom. The van der Waals surface area contributed by atoms with Crippen LogP contribution in [-0.2, 0) is 17.8 Å². The van der Waals surface area contributed by atoms with Crippen LogP contribution in [0.1, 0.15) is 49.7 Å². The van der Waals surface area contributed by atoms with Gasteiger partial charge in [0.05, 0.1) is 12.1 Å². The van der Waals surface area contributed by atoms with Crippen molar-refractivity contribution < 1.29 is 14.4 Å². The third-order valence-electron chi connectivity index (χ3n) is 5.31. The molecule has 152 valence electrons. The molecule has 2 aromatic heterocycles. The second-order valence-corrected chi connectivity index (χ2v) is 8.49. The van der Waals surface area contributed by atoms with Crippen LogP contribution in [0.3, 0.4) is 0 Å². The highest BCUT2D eigenvalue weighted by atomic mass is 32.1. The van der Waals surface area contributed by atoms with Crippen molar-refractivity contribution in [1.29, 1.82) is 0 Å². The number of carbonyl (C=O) groups excluding carboxylic acids is 3. The normalized spacial score (nSPS) is 16.6.